The van der Waals surface area contributed by atoms with Crippen molar-refractivity contribution in [2.45, 2.75) is 64.5 Å². The maximum Gasteiger partial charge on any atom is 0.242 e. The van der Waals surface area contributed by atoms with E-state index in [2.05, 4.69) is 29.8 Å². The number of unbranched alkanes of at least 4 members (excludes halogenated alkanes) is 2. The zero-order valence-electron chi connectivity index (χ0n) is 12.7. The molecule has 5 nitrogen and oxygen atoms in total. The van der Waals surface area contributed by atoms with E-state index in [1.165, 1.54) is 0 Å². The number of carbonyl (C=O) groups excluding carboxylic acids is 2. The number of nitrogens with one attached hydrogen (secondary N) is 3. The Balaban J connectivity index is 4.44. The molecule has 3 N–H and O–H groups in total. The lowest BCUT2D eigenvalue weighted by Gasteiger charge is -2.21. The highest BCUT2D eigenvalue weighted by molar-refractivity contribution is 5.89. The van der Waals surface area contributed by atoms with Crippen molar-refractivity contribution >= 4 is 11.8 Å². The van der Waals surface area contributed by atoms with Gasteiger partial charge in [0.25, 0.3) is 0 Å². The summed E-state index contributed by atoms with van der Waals surface area (Å²) in [6, 6.07) is -0.636. The summed E-state index contributed by atoms with van der Waals surface area (Å²) < 4.78 is 0. The minimum atomic E-state index is -0.421. The maximum absolute atomic E-state index is 12.1. The van der Waals surface area contributed by atoms with Crippen LogP contribution in [-0.4, -0.2) is 38.0 Å². The highest BCUT2D eigenvalue weighted by Gasteiger charge is 2.23. The van der Waals surface area contributed by atoms with Crippen molar-refractivity contribution in [3.8, 4) is 0 Å². The molecule has 0 aliphatic heterocycles. The first-order valence-electron chi connectivity index (χ1n) is 7.29. The van der Waals surface area contributed by atoms with Gasteiger partial charge < -0.3 is 16.0 Å². The summed E-state index contributed by atoms with van der Waals surface area (Å²) in [5.74, 6) is -0.201. The van der Waals surface area contributed by atoms with Gasteiger partial charge in [0.15, 0.2) is 0 Å². The Bertz CT molecular complexity index is 269. The Labute approximate surface area is 116 Å². The summed E-state index contributed by atoms with van der Waals surface area (Å²) in [5, 5.41) is 8.47. The van der Waals surface area contributed by atoms with Gasteiger partial charge in [-0.05, 0) is 19.9 Å². The van der Waals surface area contributed by atoms with E-state index in [0.717, 1.165) is 32.1 Å². The lowest BCUT2D eigenvalue weighted by Crippen LogP contribution is -2.51. The average Bonchev–Trinajstić information content (AvgIpc) is 2.43. The molecule has 2 amide bonds. The summed E-state index contributed by atoms with van der Waals surface area (Å²) in [7, 11) is 3.38. The summed E-state index contributed by atoms with van der Waals surface area (Å²) in [5.41, 5.74) is 0. The molecule has 2 atom stereocenters. The predicted octanol–water partition coefficient (Wildman–Crippen LogP) is 1.19. The van der Waals surface area contributed by atoms with Gasteiger partial charge in [0.05, 0.1) is 6.04 Å². The summed E-state index contributed by atoms with van der Waals surface area (Å²) in [6.45, 7) is 4.17. The van der Waals surface area contributed by atoms with Crippen LogP contribution in [0.1, 0.15) is 52.4 Å². The number of hydrogen-bond donors (Lipinski definition) is 3. The summed E-state index contributed by atoms with van der Waals surface area (Å²) >= 11 is 0. The van der Waals surface area contributed by atoms with Gasteiger partial charge in [-0.2, -0.15) is 0 Å². The molecule has 0 saturated heterocycles. The second kappa shape index (κ2) is 10.8. The van der Waals surface area contributed by atoms with Gasteiger partial charge in [-0.3, -0.25) is 9.59 Å². The molecule has 5 heteroatoms. The van der Waals surface area contributed by atoms with Crippen LogP contribution in [0.5, 0.6) is 0 Å². The lowest BCUT2D eigenvalue weighted by molar-refractivity contribution is -0.130. The fourth-order valence-corrected chi connectivity index (χ4v) is 1.94. The number of carbonyl (C=O) groups is 2. The van der Waals surface area contributed by atoms with Crippen LogP contribution in [0.4, 0.5) is 0 Å². The Morgan fingerprint density at radius 1 is 0.895 bits per heavy atom. The Morgan fingerprint density at radius 3 is 1.84 bits per heavy atom. The molecular weight excluding hydrogens is 242 g/mol. The van der Waals surface area contributed by atoms with Crippen molar-refractivity contribution in [3.63, 3.8) is 0 Å². The van der Waals surface area contributed by atoms with E-state index in [4.69, 9.17) is 0 Å². The molecule has 0 aromatic rings. The van der Waals surface area contributed by atoms with E-state index in [9.17, 15) is 9.59 Å². The van der Waals surface area contributed by atoms with Crippen LogP contribution in [0, 0.1) is 0 Å². The monoisotopic (exact) mass is 271 g/mol. The average molecular weight is 271 g/mol. The van der Waals surface area contributed by atoms with Crippen LogP contribution in [0.2, 0.25) is 0 Å². The molecule has 0 fully saturated rings. The van der Waals surface area contributed by atoms with Crippen molar-refractivity contribution in [3.05, 3.63) is 0 Å². The molecule has 0 heterocycles. The zero-order chi connectivity index (χ0) is 14.7. The molecule has 0 aromatic carbocycles. The largest absolute Gasteiger partial charge is 0.357 e. The van der Waals surface area contributed by atoms with Gasteiger partial charge in [-0.1, -0.05) is 39.5 Å². The number of hydrogen-bond acceptors (Lipinski definition) is 3. The molecule has 0 spiro atoms. The smallest absolute Gasteiger partial charge is 0.242 e. The van der Waals surface area contributed by atoms with Gasteiger partial charge in [0.2, 0.25) is 11.8 Å². The fourth-order valence-electron chi connectivity index (χ4n) is 1.94. The quantitative estimate of drug-likeness (QED) is 0.559. The predicted molar refractivity (Wildman–Crippen MR) is 77.9 cm³/mol. The van der Waals surface area contributed by atoms with Gasteiger partial charge in [-0.15, -0.1) is 0 Å². The lowest BCUT2D eigenvalue weighted by atomic mass is 10.1. The summed E-state index contributed by atoms with van der Waals surface area (Å²) in [6.07, 6.45) is 5.48. The fraction of sp³-hybridized carbons (Fsp3) is 0.857. The molecular formula is C14H29N3O2. The van der Waals surface area contributed by atoms with Crippen LogP contribution in [0.15, 0.2) is 0 Å². The minimum absolute atomic E-state index is 0.0827. The Hall–Kier alpha value is -1.10. The second-order valence-corrected chi connectivity index (χ2v) is 4.80. The first-order chi connectivity index (χ1) is 9.10. The number of amides is 2. The van der Waals surface area contributed by atoms with Crippen LogP contribution in [-0.2, 0) is 9.59 Å². The molecule has 19 heavy (non-hydrogen) atoms. The molecule has 0 bridgehead atoms. The molecule has 0 radical (unpaired) electrons. The minimum Gasteiger partial charge on any atom is -0.357 e. The molecule has 0 saturated carbocycles. The molecule has 0 aliphatic carbocycles. The molecule has 112 valence electrons. The van der Waals surface area contributed by atoms with Crippen LogP contribution >= 0.6 is 0 Å². The normalized spacial score (nSPS) is 13.7. The Kier molecular flexibility index (Phi) is 10.2. The van der Waals surface area contributed by atoms with E-state index in [-0.39, 0.29) is 17.9 Å². The maximum atomic E-state index is 12.1. The zero-order valence-corrected chi connectivity index (χ0v) is 12.7. The third-order valence-electron chi connectivity index (χ3n) is 3.24. The Morgan fingerprint density at radius 2 is 1.42 bits per heavy atom. The molecule has 0 rings (SSSR count). The highest BCUT2D eigenvalue weighted by Crippen LogP contribution is 2.04. The third kappa shape index (κ3) is 7.15. The number of rotatable bonds is 10. The number of likely N-dealkylation sites (N-methyl/N-ethyl adjacent to an activating group) is 2. The first-order valence-corrected chi connectivity index (χ1v) is 7.29. The highest BCUT2D eigenvalue weighted by atomic mass is 16.2. The topological polar surface area (TPSA) is 70.2 Å². The summed E-state index contributed by atoms with van der Waals surface area (Å²) in [4.78, 5) is 23.9. The van der Waals surface area contributed by atoms with Crippen LogP contribution < -0.4 is 16.0 Å². The third-order valence-corrected chi connectivity index (χ3v) is 3.24. The van der Waals surface area contributed by atoms with Crippen molar-refractivity contribution in [2.24, 2.45) is 0 Å². The van der Waals surface area contributed by atoms with E-state index in [1.54, 1.807) is 14.1 Å². The van der Waals surface area contributed by atoms with Gasteiger partial charge in [0, 0.05) is 7.05 Å². The standard InChI is InChI=1S/C14H29N3O2/c1-5-7-9-11(15-3)14(19)17-12(10-8-6-2)13(18)16-4/h11-12,15H,5-10H2,1-4H3,(H,16,18)(H,17,19)/t11-,12+/m0/s1. The van der Waals surface area contributed by atoms with Gasteiger partial charge >= 0.3 is 0 Å². The second-order valence-electron chi connectivity index (χ2n) is 4.80. The van der Waals surface area contributed by atoms with Gasteiger partial charge in [-0.25, -0.2) is 0 Å². The van der Waals surface area contributed by atoms with Gasteiger partial charge in [0.1, 0.15) is 6.04 Å². The van der Waals surface area contributed by atoms with Crippen LogP contribution in [0.25, 0.3) is 0 Å². The molecule has 0 aliphatic rings. The van der Waals surface area contributed by atoms with E-state index in [0.29, 0.717) is 6.42 Å². The SMILES string of the molecule is CCCC[C@H](NC)C(=O)N[C@H](CCCC)C(=O)NC. The van der Waals surface area contributed by atoms with Crippen molar-refractivity contribution in [1.82, 2.24) is 16.0 Å². The van der Waals surface area contributed by atoms with Crippen molar-refractivity contribution in [2.75, 3.05) is 14.1 Å². The van der Waals surface area contributed by atoms with E-state index in [1.807, 2.05) is 0 Å². The van der Waals surface area contributed by atoms with Crippen LogP contribution in [0.3, 0.4) is 0 Å². The van der Waals surface area contributed by atoms with Crippen molar-refractivity contribution < 1.29 is 9.59 Å². The van der Waals surface area contributed by atoms with Crippen molar-refractivity contribution in [1.29, 1.82) is 0 Å². The molecule has 0 unspecified atom stereocenters. The van der Waals surface area contributed by atoms with E-state index >= 15 is 0 Å². The van der Waals surface area contributed by atoms with E-state index < -0.39 is 6.04 Å². The molecule has 0 aromatic heterocycles. The first kappa shape index (κ1) is 17.9.